The van der Waals surface area contributed by atoms with Crippen LogP contribution in [0.25, 0.3) is 0 Å². The summed E-state index contributed by atoms with van der Waals surface area (Å²) in [6, 6.07) is 13.4. The van der Waals surface area contributed by atoms with E-state index in [0.717, 1.165) is 0 Å². The first-order valence-electron chi connectivity index (χ1n) is 7.39. The number of ketones is 1. The fourth-order valence-corrected chi connectivity index (χ4v) is 2.85. The number of anilines is 1. The van der Waals surface area contributed by atoms with Crippen molar-refractivity contribution in [3.05, 3.63) is 59.1 Å². The average Bonchev–Trinajstić information content (AvgIpc) is 2.60. The molecule has 0 aliphatic rings. The quantitative estimate of drug-likeness (QED) is 0.586. The van der Waals surface area contributed by atoms with E-state index < -0.39 is 18.5 Å². The minimum absolute atomic E-state index is 0.00973. The van der Waals surface area contributed by atoms with E-state index >= 15 is 0 Å². The van der Waals surface area contributed by atoms with Gasteiger partial charge in [0, 0.05) is 15.6 Å². The van der Waals surface area contributed by atoms with E-state index in [2.05, 4.69) is 5.32 Å². The summed E-state index contributed by atoms with van der Waals surface area (Å²) >= 11 is 7.03. The molecule has 0 aliphatic heterocycles. The van der Waals surface area contributed by atoms with Gasteiger partial charge in [0.25, 0.3) is 5.91 Å². The highest BCUT2D eigenvalue weighted by atomic mass is 35.5. The zero-order chi connectivity index (χ0) is 18.2. The van der Waals surface area contributed by atoms with Crippen LogP contribution in [0.5, 0.6) is 0 Å². The number of thioether (sulfide) groups is 1. The Balaban J connectivity index is 1.92. The van der Waals surface area contributed by atoms with Gasteiger partial charge in [0.2, 0.25) is 0 Å². The maximum atomic E-state index is 12.2. The molecule has 0 bridgehead atoms. The van der Waals surface area contributed by atoms with Crippen LogP contribution in [0.2, 0.25) is 5.02 Å². The summed E-state index contributed by atoms with van der Waals surface area (Å²) in [5, 5.41) is 3.17. The molecule has 0 atom stereocenters. The van der Waals surface area contributed by atoms with Gasteiger partial charge in [0.15, 0.2) is 6.61 Å². The van der Waals surface area contributed by atoms with Crippen molar-refractivity contribution in [1.29, 1.82) is 0 Å². The summed E-state index contributed by atoms with van der Waals surface area (Å²) in [4.78, 5) is 35.8. The number of halogens is 1. The normalized spacial score (nSPS) is 10.2. The molecule has 0 heterocycles. The second kappa shape index (κ2) is 9.25. The molecule has 0 aliphatic carbocycles. The Labute approximate surface area is 154 Å². The molecular formula is C18H16ClNO4S. The van der Waals surface area contributed by atoms with Crippen molar-refractivity contribution in [2.45, 2.75) is 11.8 Å². The summed E-state index contributed by atoms with van der Waals surface area (Å²) in [5.74, 6) is -0.792. The van der Waals surface area contributed by atoms with Gasteiger partial charge in [-0.1, -0.05) is 23.7 Å². The molecule has 0 aromatic heterocycles. The number of ether oxygens (including phenoxy) is 1. The maximum Gasteiger partial charge on any atom is 0.339 e. The van der Waals surface area contributed by atoms with Gasteiger partial charge in [0.05, 0.1) is 11.3 Å². The number of rotatable bonds is 7. The molecule has 0 radical (unpaired) electrons. The van der Waals surface area contributed by atoms with Crippen molar-refractivity contribution in [3.8, 4) is 0 Å². The summed E-state index contributed by atoms with van der Waals surface area (Å²) in [6.07, 6.45) is 0. The third kappa shape index (κ3) is 6.25. The summed E-state index contributed by atoms with van der Waals surface area (Å²) in [5.41, 5.74) is 0.885. The highest BCUT2D eigenvalue weighted by Crippen LogP contribution is 2.23. The molecule has 2 rings (SSSR count). The van der Waals surface area contributed by atoms with Crippen LogP contribution in [0, 0.1) is 0 Å². The van der Waals surface area contributed by atoms with E-state index in [1.165, 1.54) is 18.7 Å². The Bertz CT molecular complexity index is 777. The third-order valence-electron chi connectivity index (χ3n) is 3.00. The van der Waals surface area contributed by atoms with Crippen LogP contribution < -0.4 is 5.32 Å². The van der Waals surface area contributed by atoms with Crippen LogP contribution in [0.1, 0.15) is 17.3 Å². The van der Waals surface area contributed by atoms with Crippen molar-refractivity contribution in [3.63, 3.8) is 0 Å². The van der Waals surface area contributed by atoms with Crippen LogP contribution in [0.4, 0.5) is 5.69 Å². The Morgan fingerprint density at radius 3 is 2.44 bits per heavy atom. The first kappa shape index (κ1) is 19.0. The second-order valence-electron chi connectivity index (χ2n) is 5.12. The standard InChI is InChI=1S/C18H16ClNO4S/c1-12(21)11-25-16-5-3-2-4-15(16)18(23)24-10-17(22)20-14-8-6-13(19)7-9-14/h2-9H,10-11H2,1H3,(H,20,22). The first-order valence-corrected chi connectivity index (χ1v) is 8.76. The lowest BCUT2D eigenvalue weighted by molar-refractivity contribution is -0.119. The van der Waals surface area contributed by atoms with E-state index in [0.29, 0.717) is 21.2 Å². The molecule has 0 saturated carbocycles. The van der Waals surface area contributed by atoms with Gasteiger partial charge in [-0.3, -0.25) is 9.59 Å². The van der Waals surface area contributed by atoms with Crippen LogP contribution in [-0.4, -0.2) is 30.0 Å². The molecule has 0 unspecified atom stereocenters. The van der Waals surface area contributed by atoms with Crippen molar-refractivity contribution >= 4 is 46.7 Å². The monoisotopic (exact) mass is 377 g/mol. The van der Waals surface area contributed by atoms with Crippen molar-refractivity contribution in [2.75, 3.05) is 17.7 Å². The minimum atomic E-state index is -0.613. The lowest BCUT2D eigenvalue weighted by Crippen LogP contribution is -2.21. The zero-order valence-corrected chi connectivity index (χ0v) is 15.0. The maximum absolute atomic E-state index is 12.2. The number of amides is 1. The molecule has 0 fully saturated rings. The zero-order valence-electron chi connectivity index (χ0n) is 13.5. The minimum Gasteiger partial charge on any atom is -0.452 e. The fraction of sp³-hybridized carbons (Fsp3) is 0.167. The Kier molecular flexibility index (Phi) is 7.03. The molecule has 2 aromatic carbocycles. The van der Waals surface area contributed by atoms with Crippen LogP contribution in [0.3, 0.4) is 0 Å². The predicted molar refractivity (Wildman–Crippen MR) is 98.2 cm³/mol. The number of esters is 1. The fourth-order valence-electron chi connectivity index (χ4n) is 1.88. The lowest BCUT2D eigenvalue weighted by Gasteiger charge is -2.09. The highest BCUT2D eigenvalue weighted by Gasteiger charge is 2.15. The van der Waals surface area contributed by atoms with Crippen molar-refractivity contribution < 1.29 is 19.1 Å². The van der Waals surface area contributed by atoms with Gasteiger partial charge in [-0.25, -0.2) is 4.79 Å². The van der Waals surface area contributed by atoms with Gasteiger partial charge in [-0.15, -0.1) is 11.8 Å². The number of hydrogen-bond donors (Lipinski definition) is 1. The summed E-state index contributed by atoms with van der Waals surface area (Å²) < 4.78 is 5.06. The summed E-state index contributed by atoms with van der Waals surface area (Å²) in [6.45, 7) is 1.07. The Morgan fingerprint density at radius 2 is 1.76 bits per heavy atom. The van der Waals surface area contributed by atoms with Gasteiger partial charge in [0.1, 0.15) is 5.78 Å². The molecule has 25 heavy (non-hydrogen) atoms. The van der Waals surface area contributed by atoms with Gasteiger partial charge in [-0.05, 0) is 43.3 Å². The highest BCUT2D eigenvalue weighted by molar-refractivity contribution is 8.00. The third-order valence-corrected chi connectivity index (χ3v) is 4.47. The van der Waals surface area contributed by atoms with E-state index in [1.807, 2.05) is 0 Å². The van der Waals surface area contributed by atoms with Crippen molar-refractivity contribution in [2.24, 2.45) is 0 Å². The molecule has 5 nitrogen and oxygen atoms in total. The van der Waals surface area contributed by atoms with E-state index in [-0.39, 0.29) is 11.5 Å². The predicted octanol–water partition coefficient (Wildman–Crippen LogP) is 3.82. The molecule has 0 saturated heterocycles. The van der Waals surface area contributed by atoms with Crippen molar-refractivity contribution in [1.82, 2.24) is 0 Å². The number of Topliss-reactive ketones (excluding diaryl/α,β-unsaturated/α-hetero) is 1. The number of nitrogens with one attached hydrogen (secondary N) is 1. The van der Waals surface area contributed by atoms with E-state index in [4.69, 9.17) is 16.3 Å². The molecule has 130 valence electrons. The number of hydrogen-bond acceptors (Lipinski definition) is 5. The molecule has 7 heteroatoms. The first-order chi connectivity index (χ1) is 12.0. The Morgan fingerprint density at radius 1 is 1.08 bits per heavy atom. The molecule has 2 aromatic rings. The van der Waals surface area contributed by atoms with Gasteiger partial charge in [-0.2, -0.15) is 0 Å². The Hall–Kier alpha value is -2.31. The van der Waals surface area contributed by atoms with Gasteiger partial charge < -0.3 is 10.1 Å². The molecule has 0 spiro atoms. The SMILES string of the molecule is CC(=O)CSc1ccccc1C(=O)OCC(=O)Nc1ccc(Cl)cc1. The van der Waals surface area contributed by atoms with Gasteiger partial charge >= 0.3 is 5.97 Å². The number of benzene rings is 2. The number of carbonyl (C=O) groups excluding carboxylic acids is 3. The molecular weight excluding hydrogens is 362 g/mol. The lowest BCUT2D eigenvalue weighted by atomic mass is 10.2. The second-order valence-corrected chi connectivity index (χ2v) is 6.57. The molecule has 1 N–H and O–H groups in total. The van der Waals surface area contributed by atoms with Crippen LogP contribution in [0.15, 0.2) is 53.4 Å². The average molecular weight is 378 g/mol. The number of carbonyl (C=O) groups is 3. The van der Waals surface area contributed by atoms with Crippen LogP contribution >= 0.6 is 23.4 Å². The van der Waals surface area contributed by atoms with E-state index in [9.17, 15) is 14.4 Å². The van der Waals surface area contributed by atoms with Crippen LogP contribution in [-0.2, 0) is 14.3 Å². The molecule has 1 amide bonds. The topological polar surface area (TPSA) is 72.5 Å². The van der Waals surface area contributed by atoms with E-state index in [1.54, 1.807) is 48.5 Å². The largest absolute Gasteiger partial charge is 0.452 e. The summed E-state index contributed by atoms with van der Waals surface area (Å²) in [7, 11) is 0. The smallest absolute Gasteiger partial charge is 0.339 e.